The van der Waals surface area contributed by atoms with E-state index < -0.39 is 36.8 Å². The summed E-state index contributed by atoms with van der Waals surface area (Å²) in [6.45, 7) is 0.518. The first-order valence-electron chi connectivity index (χ1n) is 6.61. The molecule has 0 heterocycles. The highest BCUT2D eigenvalue weighted by molar-refractivity contribution is 5.82. The van der Waals surface area contributed by atoms with Gasteiger partial charge in [-0.2, -0.15) is 13.2 Å². The smallest absolute Gasteiger partial charge is 0.406 e. The molecule has 0 saturated heterocycles. The van der Waals surface area contributed by atoms with Crippen molar-refractivity contribution in [1.82, 2.24) is 10.2 Å². The van der Waals surface area contributed by atoms with Gasteiger partial charge in [0.2, 0.25) is 0 Å². The third-order valence-electron chi connectivity index (χ3n) is 3.04. The number of nitrogens with zero attached hydrogens (tertiary/aromatic N) is 1. The summed E-state index contributed by atoms with van der Waals surface area (Å²) in [5.41, 5.74) is 0. The van der Waals surface area contributed by atoms with Crippen LogP contribution in [0.5, 0.6) is 0 Å². The highest BCUT2D eigenvalue weighted by Gasteiger charge is 2.41. The summed E-state index contributed by atoms with van der Waals surface area (Å²) in [6.07, 6.45) is -1.90. The number of aliphatic carboxylic acids is 1. The van der Waals surface area contributed by atoms with Crippen LogP contribution in [0.1, 0.15) is 39.0 Å². The van der Waals surface area contributed by atoms with Crippen LogP contribution in [-0.2, 0) is 4.79 Å². The van der Waals surface area contributed by atoms with E-state index in [4.69, 9.17) is 5.11 Å². The molecule has 0 spiro atoms. The molecule has 0 unspecified atom stereocenters. The van der Waals surface area contributed by atoms with Crippen molar-refractivity contribution in [2.75, 3.05) is 6.54 Å². The van der Waals surface area contributed by atoms with Gasteiger partial charge in [-0.05, 0) is 19.3 Å². The van der Waals surface area contributed by atoms with Gasteiger partial charge in [0.1, 0.15) is 12.6 Å². The molecule has 2 N–H and O–H groups in total. The summed E-state index contributed by atoms with van der Waals surface area (Å²) in [4.78, 5) is 23.5. The number of urea groups is 1. The number of hydrogen-bond donors (Lipinski definition) is 2. The molecule has 0 bridgehead atoms. The molecular formula is C12H19F3N2O3. The van der Waals surface area contributed by atoms with E-state index >= 15 is 0 Å². The SMILES string of the molecule is CCCC[C@H](NC(=O)N(CC(F)(F)F)C1CC1)C(=O)O. The van der Waals surface area contributed by atoms with Crippen molar-refractivity contribution in [3.63, 3.8) is 0 Å². The number of carboxylic acids is 1. The topological polar surface area (TPSA) is 69.6 Å². The van der Waals surface area contributed by atoms with Crippen LogP contribution < -0.4 is 5.32 Å². The Labute approximate surface area is 115 Å². The Balaban J connectivity index is 2.61. The number of carbonyl (C=O) groups excluding carboxylic acids is 1. The van der Waals surface area contributed by atoms with Gasteiger partial charge in [0, 0.05) is 6.04 Å². The van der Waals surface area contributed by atoms with E-state index in [1.807, 2.05) is 6.92 Å². The fraction of sp³-hybridized carbons (Fsp3) is 0.833. The number of unbranched alkanes of at least 4 members (excludes halogenated alkanes) is 1. The standard InChI is InChI=1S/C12H19F3N2O3/c1-2-3-4-9(10(18)19)16-11(20)17(8-5-6-8)7-12(13,14)15/h8-9H,2-7H2,1H3,(H,16,20)(H,18,19)/t9-/m0/s1. The van der Waals surface area contributed by atoms with E-state index in [2.05, 4.69) is 5.32 Å². The number of nitrogens with one attached hydrogen (secondary N) is 1. The third-order valence-corrected chi connectivity index (χ3v) is 3.04. The predicted octanol–water partition coefficient (Wildman–Crippen LogP) is 2.37. The fourth-order valence-corrected chi connectivity index (χ4v) is 1.84. The van der Waals surface area contributed by atoms with Gasteiger partial charge in [-0.25, -0.2) is 9.59 Å². The molecule has 0 aromatic heterocycles. The maximum absolute atomic E-state index is 12.4. The summed E-state index contributed by atoms with van der Waals surface area (Å²) in [5.74, 6) is -1.23. The molecule has 5 nitrogen and oxygen atoms in total. The van der Waals surface area contributed by atoms with Crippen LogP contribution in [0.25, 0.3) is 0 Å². The fourth-order valence-electron chi connectivity index (χ4n) is 1.84. The lowest BCUT2D eigenvalue weighted by molar-refractivity contribution is -0.141. The van der Waals surface area contributed by atoms with E-state index in [-0.39, 0.29) is 6.42 Å². The monoisotopic (exact) mass is 296 g/mol. The first-order chi connectivity index (χ1) is 9.24. The van der Waals surface area contributed by atoms with Crippen LogP contribution in [0.15, 0.2) is 0 Å². The molecule has 1 aliphatic rings. The zero-order valence-electron chi connectivity index (χ0n) is 11.2. The molecule has 20 heavy (non-hydrogen) atoms. The number of halogens is 3. The first-order valence-corrected chi connectivity index (χ1v) is 6.61. The lowest BCUT2D eigenvalue weighted by atomic mass is 10.1. The Morgan fingerprint density at radius 2 is 2.00 bits per heavy atom. The van der Waals surface area contributed by atoms with Crippen LogP contribution in [-0.4, -0.2) is 46.8 Å². The highest BCUT2D eigenvalue weighted by Crippen LogP contribution is 2.30. The highest BCUT2D eigenvalue weighted by atomic mass is 19.4. The van der Waals surface area contributed by atoms with Crippen molar-refractivity contribution < 1.29 is 27.9 Å². The van der Waals surface area contributed by atoms with E-state index in [0.29, 0.717) is 24.2 Å². The van der Waals surface area contributed by atoms with Gasteiger partial charge in [-0.3, -0.25) is 0 Å². The lowest BCUT2D eigenvalue weighted by Crippen LogP contribution is -2.51. The summed E-state index contributed by atoms with van der Waals surface area (Å²) < 4.78 is 37.2. The van der Waals surface area contributed by atoms with Crippen molar-refractivity contribution in [2.45, 2.75) is 57.3 Å². The number of alkyl halides is 3. The van der Waals surface area contributed by atoms with Crippen LogP contribution in [0.2, 0.25) is 0 Å². The molecule has 1 fully saturated rings. The van der Waals surface area contributed by atoms with E-state index in [0.717, 1.165) is 6.42 Å². The number of rotatable bonds is 7. The van der Waals surface area contributed by atoms with Crippen molar-refractivity contribution in [3.8, 4) is 0 Å². The predicted molar refractivity (Wildman–Crippen MR) is 65.3 cm³/mol. The lowest BCUT2D eigenvalue weighted by Gasteiger charge is -2.26. The van der Waals surface area contributed by atoms with Gasteiger partial charge >= 0.3 is 18.2 Å². The van der Waals surface area contributed by atoms with Crippen molar-refractivity contribution in [3.05, 3.63) is 0 Å². The van der Waals surface area contributed by atoms with Crippen LogP contribution in [0, 0.1) is 0 Å². The molecule has 0 radical (unpaired) electrons. The van der Waals surface area contributed by atoms with Crippen molar-refractivity contribution in [2.24, 2.45) is 0 Å². The number of carboxylic acid groups (broad SMARTS) is 1. The first kappa shape index (κ1) is 16.6. The second kappa shape index (κ2) is 6.81. The second-order valence-corrected chi connectivity index (χ2v) is 4.96. The molecule has 8 heteroatoms. The van der Waals surface area contributed by atoms with Gasteiger partial charge < -0.3 is 15.3 Å². The zero-order valence-corrected chi connectivity index (χ0v) is 11.2. The number of amides is 2. The molecule has 0 aliphatic heterocycles. The van der Waals surface area contributed by atoms with E-state index in [1.165, 1.54) is 0 Å². The minimum atomic E-state index is -4.48. The molecule has 0 aromatic carbocycles. The average molecular weight is 296 g/mol. The second-order valence-electron chi connectivity index (χ2n) is 4.96. The Hall–Kier alpha value is -1.47. The number of hydrogen-bond acceptors (Lipinski definition) is 2. The molecule has 116 valence electrons. The van der Waals surface area contributed by atoms with Crippen LogP contribution >= 0.6 is 0 Å². The molecule has 1 rings (SSSR count). The minimum Gasteiger partial charge on any atom is -0.480 e. The summed E-state index contributed by atoms with van der Waals surface area (Å²) in [6, 6.07) is -2.53. The van der Waals surface area contributed by atoms with Crippen molar-refractivity contribution in [1.29, 1.82) is 0 Å². The Morgan fingerprint density at radius 1 is 1.40 bits per heavy atom. The van der Waals surface area contributed by atoms with Gasteiger partial charge in [0.25, 0.3) is 0 Å². The molecule has 2 amide bonds. The largest absolute Gasteiger partial charge is 0.480 e. The maximum Gasteiger partial charge on any atom is 0.406 e. The Bertz CT molecular complexity index is 356. The van der Waals surface area contributed by atoms with Crippen molar-refractivity contribution >= 4 is 12.0 Å². The third kappa shape index (κ3) is 5.66. The molecule has 1 saturated carbocycles. The van der Waals surface area contributed by atoms with Gasteiger partial charge in [-0.15, -0.1) is 0 Å². The van der Waals surface area contributed by atoms with Gasteiger partial charge in [0.05, 0.1) is 0 Å². The van der Waals surface area contributed by atoms with E-state index in [9.17, 15) is 22.8 Å². The number of carbonyl (C=O) groups is 2. The quantitative estimate of drug-likeness (QED) is 0.757. The van der Waals surface area contributed by atoms with Crippen LogP contribution in [0.3, 0.4) is 0 Å². The Morgan fingerprint density at radius 3 is 2.40 bits per heavy atom. The average Bonchev–Trinajstić information content (AvgIpc) is 3.13. The maximum atomic E-state index is 12.4. The Kier molecular flexibility index (Phi) is 5.64. The van der Waals surface area contributed by atoms with E-state index in [1.54, 1.807) is 0 Å². The summed E-state index contributed by atoms with van der Waals surface area (Å²) in [7, 11) is 0. The summed E-state index contributed by atoms with van der Waals surface area (Å²) >= 11 is 0. The van der Waals surface area contributed by atoms with Crippen LogP contribution in [0.4, 0.5) is 18.0 Å². The summed E-state index contributed by atoms with van der Waals surface area (Å²) in [5, 5.41) is 11.1. The normalized spacial score (nSPS) is 16.6. The molecule has 1 atom stereocenters. The zero-order chi connectivity index (χ0) is 15.3. The molecular weight excluding hydrogens is 277 g/mol. The van der Waals surface area contributed by atoms with Gasteiger partial charge in [-0.1, -0.05) is 19.8 Å². The molecule has 0 aromatic rings. The van der Waals surface area contributed by atoms with Gasteiger partial charge in [0.15, 0.2) is 0 Å². The molecule has 1 aliphatic carbocycles. The minimum absolute atomic E-state index is 0.210.